The zero-order valence-electron chi connectivity index (χ0n) is 51.0. The quantitative estimate of drug-likeness (QED) is 0.149. The molecule has 8 bridgehead atoms. The van der Waals surface area contributed by atoms with E-state index in [9.17, 15) is 0 Å². The van der Waals surface area contributed by atoms with E-state index in [2.05, 4.69) is 256 Å². The molecular weight excluding hydrogens is 961 g/mol. The molecule has 408 valence electrons. The first-order chi connectivity index (χ1) is 36.9. The van der Waals surface area contributed by atoms with Crippen molar-refractivity contribution in [1.29, 1.82) is 0 Å². The zero-order chi connectivity index (χ0) is 56.9. The molecule has 2 aliphatic rings. The van der Waals surface area contributed by atoms with Gasteiger partial charge in [-0.05, 0) is 150 Å². The van der Waals surface area contributed by atoms with Crippen LogP contribution in [0, 0.1) is 0 Å². The molecule has 2 aliphatic heterocycles. The lowest BCUT2D eigenvalue weighted by Crippen LogP contribution is -2.16. The SMILES string of the molecule is CCCCc1[nH]c2ccncc2c1-c1c2ccc([nH]2)c(-c2cc(C(C)(C)C)cc(C(C)(C)C)c2)c2nc(c(-c3cc(C(C)(C)C)cc(C(C)(C)C)c3)c3nc(c(-c4cc(C(C)(C)C)cc(C(C)(C)C)c4)c4ccc1[nH]4)C=C3)C=C2. The summed E-state index contributed by atoms with van der Waals surface area (Å²) in [6.45, 7) is 44.0. The van der Waals surface area contributed by atoms with E-state index < -0.39 is 0 Å². The Morgan fingerprint density at radius 1 is 0.354 bits per heavy atom. The number of hydrogen-bond acceptors (Lipinski definition) is 3. The number of aromatic nitrogens is 6. The van der Waals surface area contributed by atoms with Crippen LogP contribution in [0.1, 0.15) is 206 Å². The van der Waals surface area contributed by atoms with E-state index in [1.54, 1.807) is 0 Å². The number of H-pyrrole nitrogens is 3. The summed E-state index contributed by atoms with van der Waals surface area (Å²) in [4.78, 5) is 28.6. The van der Waals surface area contributed by atoms with Crippen molar-refractivity contribution in [3.05, 3.63) is 159 Å². The summed E-state index contributed by atoms with van der Waals surface area (Å²) in [6, 6.07) is 32.9. The van der Waals surface area contributed by atoms with Crippen LogP contribution in [0.15, 0.2) is 97.3 Å². The molecule has 0 saturated carbocycles. The van der Waals surface area contributed by atoms with Gasteiger partial charge in [-0.1, -0.05) is 193 Å². The lowest BCUT2D eigenvalue weighted by Gasteiger charge is -2.26. The van der Waals surface area contributed by atoms with Gasteiger partial charge in [-0.2, -0.15) is 0 Å². The Balaban J connectivity index is 1.46. The number of benzene rings is 3. The highest BCUT2D eigenvalue weighted by Gasteiger charge is 2.29. The molecule has 0 fully saturated rings. The van der Waals surface area contributed by atoms with Crippen LogP contribution >= 0.6 is 0 Å². The molecule has 3 aromatic carbocycles. The van der Waals surface area contributed by atoms with E-state index >= 15 is 0 Å². The van der Waals surface area contributed by atoms with Crippen LogP contribution in [0.25, 0.3) is 102 Å². The number of nitrogens with one attached hydrogen (secondary N) is 3. The molecule has 79 heavy (non-hydrogen) atoms. The monoisotopic (exact) mass is 1050 g/mol. The Morgan fingerprint density at radius 3 is 1.03 bits per heavy atom. The molecule has 5 aromatic heterocycles. The van der Waals surface area contributed by atoms with E-state index in [1.165, 1.54) is 39.1 Å². The fraction of sp³-hybridized carbons (Fsp3) is 0.384. The van der Waals surface area contributed by atoms with Crippen LogP contribution in [0.2, 0.25) is 0 Å². The topological polar surface area (TPSA) is 86.0 Å². The van der Waals surface area contributed by atoms with Crippen LogP contribution < -0.4 is 0 Å². The van der Waals surface area contributed by atoms with Crippen molar-refractivity contribution in [3.8, 4) is 44.5 Å². The number of unbranched alkanes of at least 4 members (excludes halogenated alkanes) is 1. The largest absolute Gasteiger partial charge is 0.358 e. The summed E-state index contributed by atoms with van der Waals surface area (Å²) < 4.78 is 0. The van der Waals surface area contributed by atoms with Gasteiger partial charge in [0.25, 0.3) is 0 Å². The third kappa shape index (κ3) is 10.9. The summed E-state index contributed by atoms with van der Waals surface area (Å²) >= 11 is 0. The second kappa shape index (κ2) is 19.6. The summed E-state index contributed by atoms with van der Waals surface area (Å²) in [5, 5.41) is 1.09. The first kappa shape index (κ1) is 55.3. The maximum Gasteiger partial charge on any atom is 0.0738 e. The average Bonchev–Trinajstić information content (AvgIpc) is 4.30. The second-order valence-electron chi connectivity index (χ2n) is 28.9. The van der Waals surface area contributed by atoms with Crippen molar-refractivity contribution in [1.82, 2.24) is 29.9 Å². The molecule has 8 aromatic rings. The maximum absolute atomic E-state index is 5.85. The third-order valence-electron chi connectivity index (χ3n) is 16.3. The molecule has 0 amide bonds. The van der Waals surface area contributed by atoms with Crippen molar-refractivity contribution < 1.29 is 0 Å². The predicted octanol–water partition coefficient (Wildman–Crippen LogP) is 20.3. The van der Waals surface area contributed by atoms with Gasteiger partial charge >= 0.3 is 0 Å². The van der Waals surface area contributed by atoms with E-state index in [1.807, 2.05) is 12.4 Å². The van der Waals surface area contributed by atoms with Gasteiger partial charge in [0.1, 0.15) is 0 Å². The van der Waals surface area contributed by atoms with Crippen LogP contribution in [-0.4, -0.2) is 29.9 Å². The molecule has 0 radical (unpaired) electrons. The first-order valence-corrected chi connectivity index (χ1v) is 29.0. The lowest BCUT2D eigenvalue weighted by atomic mass is 9.78. The third-order valence-corrected chi connectivity index (χ3v) is 16.3. The van der Waals surface area contributed by atoms with Gasteiger partial charge in [-0.15, -0.1) is 0 Å². The van der Waals surface area contributed by atoms with Gasteiger partial charge in [-0.3, -0.25) is 4.98 Å². The molecule has 0 atom stereocenters. The molecule has 0 spiro atoms. The molecule has 6 heteroatoms. The minimum Gasteiger partial charge on any atom is -0.358 e. The number of aryl methyl sites for hydroxylation is 1. The van der Waals surface area contributed by atoms with Crippen LogP contribution in [0.4, 0.5) is 0 Å². The minimum absolute atomic E-state index is 0.103. The predicted molar refractivity (Wildman–Crippen MR) is 341 cm³/mol. The van der Waals surface area contributed by atoms with Crippen LogP contribution in [0.5, 0.6) is 0 Å². The Hall–Kier alpha value is -7.05. The Bertz CT molecular complexity index is 3660. The summed E-state index contributed by atoms with van der Waals surface area (Å²) in [7, 11) is 0. The van der Waals surface area contributed by atoms with Gasteiger partial charge in [0, 0.05) is 78.9 Å². The molecule has 6 nitrogen and oxygen atoms in total. The molecule has 0 saturated heterocycles. The van der Waals surface area contributed by atoms with Crippen molar-refractivity contribution >= 4 is 57.3 Å². The molecule has 3 N–H and O–H groups in total. The molecular formula is C73H86N6. The maximum atomic E-state index is 5.85. The summed E-state index contributed by atoms with van der Waals surface area (Å²) in [5.74, 6) is 0. The molecule has 7 heterocycles. The average molecular weight is 1050 g/mol. The minimum atomic E-state index is -0.107. The summed E-state index contributed by atoms with van der Waals surface area (Å²) in [5.41, 5.74) is 25.7. The summed E-state index contributed by atoms with van der Waals surface area (Å²) in [6.07, 6.45) is 15.9. The molecule has 0 aliphatic carbocycles. The van der Waals surface area contributed by atoms with E-state index in [0.717, 1.165) is 120 Å². The van der Waals surface area contributed by atoms with Crippen LogP contribution in [-0.2, 0) is 38.9 Å². The van der Waals surface area contributed by atoms with Gasteiger partial charge < -0.3 is 15.0 Å². The van der Waals surface area contributed by atoms with E-state index in [-0.39, 0.29) is 32.5 Å². The number of hydrogen-bond donors (Lipinski definition) is 3. The fourth-order valence-electron chi connectivity index (χ4n) is 11.2. The fourth-order valence-corrected chi connectivity index (χ4v) is 11.2. The number of aromatic amines is 3. The highest BCUT2D eigenvalue weighted by Crippen LogP contribution is 2.45. The Morgan fingerprint density at radius 2 is 0.684 bits per heavy atom. The van der Waals surface area contributed by atoms with E-state index in [4.69, 9.17) is 15.0 Å². The number of nitrogens with zero attached hydrogens (tertiary/aromatic N) is 3. The van der Waals surface area contributed by atoms with Gasteiger partial charge in [0.2, 0.25) is 0 Å². The number of pyridine rings is 1. The first-order valence-electron chi connectivity index (χ1n) is 29.0. The number of fused-ring (bicyclic) bond motifs is 9. The highest BCUT2D eigenvalue weighted by molar-refractivity contribution is 6.07. The zero-order valence-corrected chi connectivity index (χ0v) is 51.0. The van der Waals surface area contributed by atoms with Gasteiger partial charge in [-0.25, -0.2) is 9.97 Å². The van der Waals surface area contributed by atoms with E-state index in [0.29, 0.717) is 0 Å². The van der Waals surface area contributed by atoms with Gasteiger partial charge in [0.15, 0.2) is 0 Å². The Labute approximate surface area is 471 Å². The smallest absolute Gasteiger partial charge is 0.0738 e. The van der Waals surface area contributed by atoms with Crippen molar-refractivity contribution in [2.45, 2.75) is 183 Å². The molecule has 0 unspecified atom stereocenters. The molecule has 10 rings (SSSR count). The number of rotatable bonds is 7. The highest BCUT2D eigenvalue weighted by atomic mass is 14.8. The normalized spacial score (nSPS) is 13.6. The van der Waals surface area contributed by atoms with Gasteiger partial charge in [0.05, 0.1) is 22.8 Å². The lowest BCUT2D eigenvalue weighted by molar-refractivity contribution is 0.568. The second-order valence-corrected chi connectivity index (χ2v) is 28.9. The van der Waals surface area contributed by atoms with Crippen LogP contribution in [0.3, 0.4) is 0 Å². The van der Waals surface area contributed by atoms with Crippen molar-refractivity contribution in [2.75, 3.05) is 0 Å². The van der Waals surface area contributed by atoms with Crippen molar-refractivity contribution in [2.24, 2.45) is 0 Å². The van der Waals surface area contributed by atoms with Crippen molar-refractivity contribution in [3.63, 3.8) is 0 Å². The Kier molecular flexibility index (Phi) is 13.7. The standard InChI is InChI=1S/C73H86N6/c1-20-21-22-54-66(52-42-74-32-31-53(52)75-54)67-61-29-27-59(78-61)64(44-35-48(70(8,9)10)40-49(36-44)71(11,12)13)57-25-23-55(76-57)63(43-33-46(68(2,3)4)39-47(34-43)69(5,6)7)56-24-26-58(77-56)65(60-28-30-62(67)79-60)45-37-50(72(14,15)16)41-51(38-45)73(17,18)19/h23-42,75,78-79H,20-22H2,1-19H3.